The monoisotopic (exact) mass is 471 g/mol. The van der Waals surface area contributed by atoms with Crippen molar-refractivity contribution < 1.29 is 23.9 Å². The van der Waals surface area contributed by atoms with E-state index in [1.165, 1.54) is 24.0 Å². The third-order valence-corrected chi connectivity index (χ3v) is 5.13. The first kappa shape index (κ1) is 24.9. The lowest BCUT2D eigenvalue weighted by molar-refractivity contribution is -0.163. The summed E-state index contributed by atoms with van der Waals surface area (Å²) in [5.41, 5.74) is -0.321. The molecule has 8 nitrogen and oxygen atoms in total. The maximum absolute atomic E-state index is 12.9. The van der Waals surface area contributed by atoms with Gasteiger partial charge in [-0.15, -0.1) is 0 Å². The van der Waals surface area contributed by atoms with Crippen molar-refractivity contribution >= 4 is 52.6 Å². The van der Waals surface area contributed by atoms with Crippen LogP contribution in [0.5, 0.6) is 0 Å². The number of esters is 1. The number of nitrogens with one attached hydrogen (secondary N) is 2. The minimum atomic E-state index is -0.886. The molecule has 2 atom stereocenters. The molecule has 1 aliphatic rings. The molecule has 1 fully saturated rings. The lowest BCUT2D eigenvalue weighted by atomic mass is 10.1. The highest BCUT2D eigenvalue weighted by Gasteiger charge is 2.38. The molecular formula is C21H27Cl2N3O5. The molecule has 0 aromatic heterocycles. The van der Waals surface area contributed by atoms with E-state index in [0.717, 1.165) is 0 Å². The number of hydrogen-bond donors (Lipinski definition) is 2. The van der Waals surface area contributed by atoms with Gasteiger partial charge in [0, 0.05) is 19.0 Å². The second kappa shape index (κ2) is 9.87. The number of halogens is 2. The van der Waals surface area contributed by atoms with Gasteiger partial charge in [0.1, 0.15) is 17.7 Å². The molecule has 1 saturated heterocycles. The minimum absolute atomic E-state index is 0.0939. The number of carbonyl (C=O) groups excluding carboxylic acids is 4. The molecule has 31 heavy (non-hydrogen) atoms. The number of amides is 3. The van der Waals surface area contributed by atoms with Crippen molar-refractivity contribution in [1.82, 2.24) is 10.2 Å². The third kappa shape index (κ3) is 6.58. The number of likely N-dealkylation sites (tertiary alicyclic amines) is 1. The van der Waals surface area contributed by atoms with Crippen LogP contribution in [-0.2, 0) is 19.1 Å². The standard InChI is InChI=1S/C21H27Cl2N3O5/c1-11(19(29)26-8-6-7-16(26)20(30)31-21(3,4)5)24-18(28)13-9-14(22)17(15(23)10-13)25-12(2)27/h9-11,16H,6-8H2,1-5H3,(H,24,28)(H,25,27). The minimum Gasteiger partial charge on any atom is -0.458 e. The summed E-state index contributed by atoms with van der Waals surface area (Å²) in [7, 11) is 0. The maximum atomic E-state index is 12.9. The van der Waals surface area contributed by atoms with E-state index in [1.807, 2.05) is 0 Å². The highest BCUT2D eigenvalue weighted by molar-refractivity contribution is 6.40. The molecule has 1 aliphatic heterocycles. The topological polar surface area (TPSA) is 105 Å². The first-order valence-corrected chi connectivity index (χ1v) is 10.7. The van der Waals surface area contributed by atoms with Gasteiger partial charge in [0.25, 0.3) is 5.91 Å². The van der Waals surface area contributed by atoms with E-state index in [-0.39, 0.29) is 33.1 Å². The van der Waals surface area contributed by atoms with Crippen LogP contribution < -0.4 is 10.6 Å². The molecule has 0 bridgehead atoms. The van der Waals surface area contributed by atoms with Crippen LogP contribution in [0.1, 0.15) is 57.8 Å². The molecule has 2 unspecified atom stereocenters. The molecule has 170 valence electrons. The maximum Gasteiger partial charge on any atom is 0.329 e. The number of carbonyl (C=O) groups is 4. The van der Waals surface area contributed by atoms with Gasteiger partial charge in [-0.2, -0.15) is 0 Å². The average Bonchev–Trinajstić information content (AvgIpc) is 3.12. The molecule has 2 rings (SSSR count). The Labute approximate surface area is 191 Å². The van der Waals surface area contributed by atoms with E-state index < -0.39 is 29.6 Å². The van der Waals surface area contributed by atoms with E-state index in [1.54, 1.807) is 27.7 Å². The fraction of sp³-hybridized carbons (Fsp3) is 0.524. The van der Waals surface area contributed by atoms with Gasteiger partial charge in [-0.25, -0.2) is 4.79 Å². The highest BCUT2D eigenvalue weighted by Crippen LogP contribution is 2.32. The number of ether oxygens (including phenoxy) is 1. The van der Waals surface area contributed by atoms with Crippen molar-refractivity contribution in [3.8, 4) is 0 Å². The summed E-state index contributed by atoms with van der Waals surface area (Å²) < 4.78 is 5.42. The van der Waals surface area contributed by atoms with Gasteiger partial charge in [0.2, 0.25) is 11.8 Å². The van der Waals surface area contributed by atoms with Gasteiger partial charge in [0.15, 0.2) is 0 Å². The Balaban J connectivity index is 2.09. The lowest BCUT2D eigenvalue weighted by Gasteiger charge is -2.29. The molecular weight excluding hydrogens is 445 g/mol. The van der Waals surface area contributed by atoms with Crippen LogP contribution in [0.2, 0.25) is 10.0 Å². The fourth-order valence-corrected chi connectivity index (χ4v) is 3.82. The zero-order valence-corrected chi connectivity index (χ0v) is 19.7. The van der Waals surface area contributed by atoms with Crippen molar-refractivity contribution in [2.24, 2.45) is 0 Å². The molecule has 1 aromatic rings. The van der Waals surface area contributed by atoms with Gasteiger partial charge in [-0.3, -0.25) is 14.4 Å². The van der Waals surface area contributed by atoms with E-state index in [2.05, 4.69) is 10.6 Å². The van der Waals surface area contributed by atoms with Crippen LogP contribution >= 0.6 is 23.2 Å². The van der Waals surface area contributed by atoms with Gasteiger partial charge >= 0.3 is 5.97 Å². The fourth-order valence-electron chi connectivity index (χ4n) is 3.24. The SMILES string of the molecule is CC(=O)Nc1c(Cl)cc(C(=O)NC(C)C(=O)N2CCCC2C(=O)OC(C)(C)C)cc1Cl. The van der Waals surface area contributed by atoms with Crippen LogP contribution in [-0.4, -0.2) is 52.8 Å². The quantitative estimate of drug-likeness (QED) is 0.640. The summed E-state index contributed by atoms with van der Waals surface area (Å²) >= 11 is 12.3. The number of rotatable bonds is 5. The van der Waals surface area contributed by atoms with E-state index in [0.29, 0.717) is 19.4 Å². The Morgan fingerprint density at radius 1 is 1.16 bits per heavy atom. The Morgan fingerprint density at radius 3 is 2.26 bits per heavy atom. The van der Waals surface area contributed by atoms with E-state index >= 15 is 0 Å². The molecule has 0 saturated carbocycles. The molecule has 1 aromatic carbocycles. The first-order chi connectivity index (χ1) is 14.3. The summed E-state index contributed by atoms with van der Waals surface area (Å²) in [5.74, 6) is -1.75. The number of benzene rings is 1. The highest BCUT2D eigenvalue weighted by atomic mass is 35.5. The Hall–Kier alpha value is -2.32. The van der Waals surface area contributed by atoms with Crippen molar-refractivity contribution in [2.45, 2.75) is 65.1 Å². The first-order valence-electron chi connectivity index (χ1n) is 9.91. The largest absolute Gasteiger partial charge is 0.458 e. The number of hydrogen-bond acceptors (Lipinski definition) is 5. The zero-order chi connectivity index (χ0) is 23.5. The van der Waals surface area contributed by atoms with Crippen LogP contribution in [0.4, 0.5) is 5.69 Å². The number of anilines is 1. The Kier molecular flexibility index (Phi) is 7.94. The predicted molar refractivity (Wildman–Crippen MR) is 118 cm³/mol. The molecule has 0 radical (unpaired) electrons. The van der Waals surface area contributed by atoms with Gasteiger partial charge in [0.05, 0.1) is 15.7 Å². The van der Waals surface area contributed by atoms with Crippen LogP contribution in [0, 0.1) is 0 Å². The van der Waals surface area contributed by atoms with Crippen molar-refractivity contribution in [3.63, 3.8) is 0 Å². The summed E-state index contributed by atoms with van der Waals surface area (Å²) in [6.07, 6.45) is 1.18. The van der Waals surface area contributed by atoms with Crippen LogP contribution in [0.15, 0.2) is 12.1 Å². The Morgan fingerprint density at radius 2 is 1.74 bits per heavy atom. The van der Waals surface area contributed by atoms with Crippen LogP contribution in [0.25, 0.3) is 0 Å². The van der Waals surface area contributed by atoms with E-state index in [9.17, 15) is 19.2 Å². The molecule has 2 N–H and O–H groups in total. The summed E-state index contributed by atoms with van der Waals surface area (Å²) in [6.45, 7) is 8.56. The van der Waals surface area contributed by atoms with Gasteiger partial charge in [-0.1, -0.05) is 23.2 Å². The van der Waals surface area contributed by atoms with Crippen molar-refractivity contribution in [2.75, 3.05) is 11.9 Å². The van der Waals surface area contributed by atoms with Crippen LogP contribution in [0.3, 0.4) is 0 Å². The summed E-state index contributed by atoms with van der Waals surface area (Å²) in [6, 6.07) is 1.14. The summed E-state index contributed by atoms with van der Waals surface area (Å²) in [5, 5.41) is 5.29. The third-order valence-electron chi connectivity index (χ3n) is 4.54. The molecule has 1 heterocycles. The predicted octanol–water partition coefficient (Wildman–Crippen LogP) is 3.40. The molecule has 0 aliphatic carbocycles. The second-order valence-electron chi connectivity index (χ2n) is 8.41. The zero-order valence-electron chi connectivity index (χ0n) is 18.2. The average molecular weight is 472 g/mol. The van der Waals surface area contributed by atoms with E-state index in [4.69, 9.17) is 27.9 Å². The molecule has 3 amide bonds. The van der Waals surface area contributed by atoms with Crippen molar-refractivity contribution in [3.05, 3.63) is 27.7 Å². The lowest BCUT2D eigenvalue weighted by Crippen LogP contribution is -2.51. The van der Waals surface area contributed by atoms with Gasteiger partial charge < -0.3 is 20.3 Å². The van der Waals surface area contributed by atoms with Crippen molar-refractivity contribution in [1.29, 1.82) is 0 Å². The number of nitrogens with zero attached hydrogens (tertiary/aromatic N) is 1. The Bertz CT molecular complexity index is 874. The molecule has 0 spiro atoms. The smallest absolute Gasteiger partial charge is 0.329 e. The normalized spacial score (nSPS) is 17.1. The second-order valence-corrected chi connectivity index (χ2v) is 9.23. The summed E-state index contributed by atoms with van der Waals surface area (Å²) in [4.78, 5) is 50.7. The molecule has 10 heteroatoms. The van der Waals surface area contributed by atoms with Gasteiger partial charge in [-0.05, 0) is 52.7 Å².